The number of hydrogen-bond donors (Lipinski definition) is 1. The highest BCUT2D eigenvalue weighted by atomic mass is 32.1. The highest BCUT2D eigenvalue weighted by Gasteiger charge is 2.15. The van der Waals surface area contributed by atoms with E-state index in [4.69, 9.17) is 9.47 Å². The summed E-state index contributed by atoms with van der Waals surface area (Å²) >= 11 is 1.46. The molecule has 0 aliphatic carbocycles. The molecular weight excluding hydrogens is 400 g/mol. The lowest BCUT2D eigenvalue weighted by atomic mass is 10.2. The van der Waals surface area contributed by atoms with Crippen molar-refractivity contribution in [3.8, 4) is 22.8 Å². The molecule has 1 N–H and O–H groups in total. The van der Waals surface area contributed by atoms with Crippen molar-refractivity contribution in [2.24, 2.45) is 5.92 Å². The zero-order chi connectivity index (χ0) is 21.1. The zero-order valence-corrected chi connectivity index (χ0v) is 17.8. The van der Waals surface area contributed by atoms with Gasteiger partial charge >= 0.3 is 0 Å². The van der Waals surface area contributed by atoms with E-state index in [9.17, 15) is 4.79 Å². The van der Waals surface area contributed by atoms with Crippen LogP contribution in [0.1, 0.15) is 24.2 Å². The number of amides is 1. The molecule has 7 nitrogen and oxygen atoms in total. The van der Waals surface area contributed by atoms with Crippen LogP contribution in [0.3, 0.4) is 0 Å². The van der Waals surface area contributed by atoms with Crippen molar-refractivity contribution in [3.63, 3.8) is 0 Å². The SMILES string of the molecule is COc1cccc(-c2csc3nc(NC(=O)c4ccc(OCC(C)C)cc4)nn23)c1. The number of aromatic nitrogens is 3. The minimum absolute atomic E-state index is 0.260. The fourth-order valence-electron chi connectivity index (χ4n) is 2.85. The van der Waals surface area contributed by atoms with Crippen molar-refractivity contribution < 1.29 is 14.3 Å². The molecule has 0 saturated carbocycles. The third-order valence-electron chi connectivity index (χ3n) is 4.37. The van der Waals surface area contributed by atoms with Gasteiger partial charge in [-0.05, 0) is 42.3 Å². The van der Waals surface area contributed by atoms with Crippen molar-refractivity contribution in [1.29, 1.82) is 0 Å². The Morgan fingerprint density at radius 1 is 1.17 bits per heavy atom. The second-order valence-electron chi connectivity index (χ2n) is 7.17. The number of fused-ring (bicyclic) bond motifs is 1. The van der Waals surface area contributed by atoms with Gasteiger partial charge in [0.25, 0.3) is 11.9 Å². The van der Waals surface area contributed by atoms with E-state index >= 15 is 0 Å². The van der Waals surface area contributed by atoms with Crippen LogP contribution in [0.5, 0.6) is 11.5 Å². The highest BCUT2D eigenvalue weighted by Crippen LogP contribution is 2.28. The summed E-state index contributed by atoms with van der Waals surface area (Å²) < 4.78 is 12.7. The van der Waals surface area contributed by atoms with Crippen molar-refractivity contribution in [2.45, 2.75) is 13.8 Å². The standard InChI is InChI=1S/C22H22N4O3S/c1-14(2)12-29-17-9-7-15(8-10-17)20(27)23-21-24-22-26(25-21)19(13-30-22)16-5-4-6-18(11-16)28-3/h4-11,13-14H,12H2,1-3H3,(H,23,25,27). The van der Waals surface area contributed by atoms with Crippen LogP contribution < -0.4 is 14.8 Å². The van der Waals surface area contributed by atoms with Gasteiger partial charge in [-0.1, -0.05) is 26.0 Å². The molecule has 154 valence electrons. The maximum atomic E-state index is 12.6. The number of nitrogens with one attached hydrogen (secondary N) is 1. The third-order valence-corrected chi connectivity index (χ3v) is 5.19. The molecule has 0 unspecified atom stereocenters. The van der Waals surface area contributed by atoms with Gasteiger partial charge in [0.2, 0.25) is 4.96 Å². The molecule has 2 aromatic carbocycles. The number of methoxy groups -OCH3 is 1. The maximum Gasteiger partial charge on any atom is 0.258 e. The van der Waals surface area contributed by atoms with E-state index in [1.54, 1.807) is 35.9 Å². The van der Waals surface area contributed by atoms with Gasteiger partial charge in [-0.15, -0.1) is 16.4 Å². The van der Waals surface area contributed by atoms with Crippen LogP contribution in [0.15, 0.2) is 53.9 Å². The monoisotopic (exact) mass is 422 g/mol. The Kier molecular flexibility index (Phi) is 5.67. The summed E-state index contributed by atoms with van der Waals surface area (Å²) in [6.07, 6.45) is 0. The molecule has 0 bridgehead atoms. The van der Waals surface area contributed by atoms with Crippen LogP contribution in [0.25, 0.3) is 16.2 Å². The maximum absolute atomic E-state index is 12.6. The fourth-order valence-corrected chi connectivity index (χ4v) is 3.69. The van der Waals surface area contributed by atoms with Crippen LogP contribution in [-0.2, 0) is 0 Å². The predicted octanol–water partition coefficient (Wildman–Crippen LogP) is 4.75. The molecule has 4 aromatic rings. The lowest BCUT2D eigenvalue weighted by Gasteiger charge is -2.09. The van der Waals surface area contributed by atoms with E-state index < -0.39 is 0 Å². The number of benzene rings is 2. The van der Waals surface area contributed by atoms with Crippen molar-refractivity contribution in [3.05, 3.63) is 59.5 Å². The summed E-state index contributed by atoms with van der Waals surface area (Å²) in [6, 6.07) is 14.8. The normalized spacial score (nSPS) is 11.1. The van der Waals surface area contributed by atoms with Gasteiger partial charge < -0.3 is 9.47 Å². The average molecular weight is 423 g/mol. The molecular formula is C22H22N4O3S. The first kappa shape index (κ1) is 19.9. The second kappa shape index (κ2) is 8.54. The number of hydrogen-bond acceptors (Lipinski definition) is 6. The summed E-state index contributed by atoms with van der Waals surface area (Å²) in [5.74, 6) is 1.93. The number of carbonyl (C=O) groups is 1. The Morgan fingerprint density at radius 3 is 2.70 bits per heavy atom. The van der Waals surface area contributed by atoms with Crippen LogP contribution in [-0.4, -0.2) is 34.2 Å². The van der Waals surface area contributed by atoms with Gasteiger partial charge in [0, 0.05) is 16.5 Å². The summed E-state index contributed by atoms with van der Waals surface area (Å²) in [4.78, 5) is 17.7. The van der Waals surface area contributed by atoms with E-state index in [2.05, 4.69) is 29.2 Å². The van der Waals surface area contributed by atoms with Gasteiger partial charge in [0.05, 0.1) is 19.4 Å². The average Bonchev–Trinajstić information content (AvgIpc) is 3.32. The largest absolute Gasteiger partial charge is 0.497 e. The molecule has 2 aromatic heterocycles. The van der Waals surface area contributed by atoms with Gasteiger partial charge in [-0.25, -0.2) is 4.52 Å². The van der Waals surface area contributed by atoms with Crippen molar-refractivity contribution >= 4 is 28.2 Å². The molecule has 0 saturated heterocycles. The predicted molar refractivity (Wildman–Crippen MR) is 118 cm³/mol. The summed E-state index contributed by atoms with van der Waals surface area (Å²) in [5, 5.41) is 9.20. The number of nitrogens with zero attached hydrogens (tertiary/aromatic N) is 3. The molecule has 0 fully saturated rings. The lowest BCUT2D eigenvalue weighted by molar-refractivity contribution is 0.102. The molecule has 1 amide bonds. The first-order valence-electron chi connectivity index (χ1n) is 9.56. The summed E-state index contributed by atoms with van der Waals surface area (Å²) in [5.41, 5.74) is 2.35. The van der Waals surface area contributed by atoms with Gasteiger partial charge in [0.15, 0.2) is 0 Å². The van der Waals surface area contributed by atoms with Crippen molar-refractivity contribution in [1.82, 2.24) is 14.6 Å². The van der Waals surface area contributed by atoms with Crippen LogP contribution in [0.2, 0.25) is 0 Å². The minimum Gasteiger partial charge on any atom is -0.497 e. The van der Waals surface area contributed by atoms with Gasteiger partial charge in [-0.2, -0.15) is 4.98 Å². The summed E-state index contributed by atoms with van der Waals surface area (Å²) in [7, 11) is 1.63. The van der Waals surface area contributed by atoms with Crippen LogP contribution in [0, 0.1) is 5.92 Å². The Morgan fingerprint density at radius 2 is 1.97 bits per heavy atom. The van der Waals surface area contributed by atoms with E-state index in [1.807, 2.05) is 29.6 Å². The zero-order valence-electron chi connectivity index (χ0n) is 17.0. The fraction of sp³-hybridized carbons (Fsp3) is 0.227. The lowest BCUT2D eigenvalue weighted by Crippen LogP contribution is -2.13. The first-order valence-corrected chi connectivity index (χ1v) is 10.4. The van der Waals surface area contributed by atoms with E-state index in [0.29, 0.717) is 23.0 Å². The highest BCUT2D eigenvalue weighted by molar-refractivity contribution is 7.15. The van der Waals surface area contributed by atoms with Gasteiger partial charge in [0.1, 0.15) is 11.5 Å². The number of anilines is 1. The molecule has 2 heterocycles. The molecule has 0 spiro atoms. The summed E-state index contributed by atoms with van der Waals surface area (Å²) in [6.45, 7) is 4.81. The Bertz CT molecular complexity index is 1160. The number of rotatable bonds is 7. The third kappa shape index (κ3) is 4.28. The Balaban J connectivity index is 1.50. The minimum atomic E-state index is -0.272. The quantitative estimate of drug-likeness (QED) is 0.465. The second-order valence-corrected chi connectivity index (χ2v) is 8.00. The first-order chi connectivity index (χ1) is 14.5. The van der Waals surface area contributed by atoms with Crippen LogP contribution in [0.4, 0.5) is 5.95 Å². The number of thiazole rings is 1. The van der Waals surface area contributed by atoms with E-state index in [-0.39, 0.29) is 11.9 Å². The van der Waals surface area contributed by atoms with Crippen molar-refractivity contribution in [2.75, 3.05) is 19.0 Å². The molecule has 30 heavy (non-hydrogen) atoms. The smallest absolute Gasteiger partial charge is 0.258 e. The topological polar surface area (TPSA) is 77.8 Å². The number of carbonyl (C=O) groups excluding carboxylic acids is 1. The number of ether oxygens (including phenoxy) is 2. The Hall–Kier alpha value is -3.39. The van der Waals surface area contributed by atoms with E-state index in [0.717, 1.165) is 22.8 Å². The van der Waals surface area contributed by atoms with E-state index in [1.165, 1.54) is 11.3 Å². The molecule has 8 heteroatoms. The Labute approximate surface area is 178 Å². The molecule has 0 aliphatic heterocycles. The molecule has 0 aliphatic rings. The van der Waals surface area contributed by atoms with Crippen LogP contribution >= 0.6 is 11.3 Å². The molecule has 4 rings (SSSR count). The van der Waals surface area contributed by atoms with Gasteiger partial charge in [-0.3, -0.25) is 10.1 Å². The molecule has 0 radical (unpaired) electrons. The molecule has 0 atom stereocenters.